The average Bonchev–Trinajstić information content (AvgIpc) is 2.99. The van der Waals surface area contributed by atoms with Crippen LogP contribution in [0.25, 0.3) is 0 Å². The van der Waals surface area contributed by atoms with Gasteiger partial charge in [0.05, 0.1) is 6.04 Å². The Morgan fingerprint density at radius 1 is 1.38 bits per heavy atom. The van der Waals surface area contributed by atoms with Gasteiger partial charge in [-0.15, -0.1) is 11.3 Å². The smallest absolute Gasteiger partial charge is 0.241 e. The molecule has 0 aliphatic carbocycles. The quantitative estimate of drug-likeness (QED) is 0.776. The number of nitrogens with zero attached hydrogens (tertiary/aromatic N) is 1. The monoisotopic (exact) mass is 326 g/mol. The molecule has 0 saturated carbocycles. The Bertz CT molecular complexity index is 473. The fraction of sp³-hybridized carbons (Fsp3) is 0.688. The molecule has 0 radical (unpaired) electrons. The normalized spacial score (nSPS) is 22.5. The maximum Gasteiger partial charge on any atom is 0.241 e. The van der Waals surface area contributed by atoms with Gasteiger partial charge in [0.25, 0.3) is 0 Å². The van der Waals surface area contributed by atoms with Gasteiger partial charge in [-0.05, 0) is 49.8 Å². The third-order valence-electron chi connectivity index (χ3n) is 3.89. The number of amides is 1. The van der Waals surface area contributed by atoms with E-state index in [1.807, 2.05) is 11.8 Å². The average molecular weight is 327 g/mol. The van der Waals surface area contributed by atoms with Crippen molar-refractivity contribution in [3.63, 3.8) is 0 Å². The number of hydrogen-bond acceptors (Lipinski definition) is 4. The number of nitrogens with one attached hydrogen (secondary N) is 1. The zero-order chi connectivity index (χ0) is 15.4. The Labute approximate surface area is 136 Å². The second-order valence-corrected chi connectivity index (χ2v) is 8.28. The molecule has 1 fully saturated rings. The molecule has 2 atom stereocenters. The Morgan fingerprint density at radius 3 is 2.71 bits per heavy atom. The molecule has 2 unspecified atom stereocenters. The number of aryl methyl sites for hydroxylation is 1. The molecule has 1 saturated heterocycles. The summed E-state index contributed by atoms with van der Waals surface area (Å²) < 4.78 is 0. The van der Waals surface area contributed by atoms with E-state index >= 15 is 0 Å². The van der Waals surface area contributed by atoms with Crippen molar-refractivity contribution in [3.05, 3.63) is 21.9 Å². The van der Waals surface area contributed by atoms with Gasteiger partial charge in [-0.25, -0.2) is 0 Å². The maximum absolute atomic E-state index is 12.7. The summed E-state index contributed by atoms with van der Waals surface area (Å²) >= 11 is 3.66. The first-order chi connectivity index (χ1) is 10.0. The zero-order valence-electron chi connectivity index (χ0n) is 13.4. The van der Waals surface area contributed by atoms with E-state index in [4.69, 9.17) is 0 Å². The van der Waals surface area contributed by atoms with Crippen LogP contribution >= 0.6 is 23.1 Å². The van der Waals surface area contributed by atoms with Crippen molar-refractivity contribution in [1.29, 1.82) is 0 Å². The number of thioether (sulfide) groups is 1. The van der Waals surface area contributed by atoms with E-state index in [9.17, 15) is 4.79 Å². The molecule has 1 aromatic heterocycles. The molecule has 1 aliphatic rings. The zero-order valence-corrected chi connectivity index (χ0v) is 15.0. The van der Waals surface area contributed by atoms with Crippen molar-refractivity contribution in [2.75, 3.05) is 18.6 Å². The third-order valence-corrected chi connectivity index (χ3v) is 5.64. The fourth-order valence-corrected chi connectivity index (χ4v) is 4.16. The molecule has 3 nitrogen and oxygen atoms in total. The van der Waals surface area contributed by atoms with Gasteiger partial charge in [0.1, 0.15) is 6.17 Å². The molecular weight excluding hydrogens is 300 g/mol. The molecule has 1 N–H and O–H groups in total. The van der Waals surface area contributed by atoms with Crippen molar-refractivity contribution in [2.45, 2.75) is 45.8 Å². The lowest BCUT2D eigenvalue weighted by atomic mass is 10.1. The van der Waals surface area contributed by atoms with E-state index in [1.165, 1.54) is 21.9 Å². The first kappa shape index (κ1) is 16.8. The summed E-state index contributed by atoms with van der Waals surface area (Å²) in [5.74, 6) is 1.77. The summed E-state index contributed by atoms with van der Waals surface area (Å²) in [6.45, 7) is 7.21. The predicted molar refractivity (Wildman–Crippen MR) is 92.9 cm³/mol. The highest BCUT2D eigenvalue weighted by atomic mass is 32.2. The molecule has 2 rings (SSSR count). The topological polar surface area (TPSA) is 32.3 Å². The van der Waals surface area contributed by atoms with Gasteiger partial charge in [0.2, 0.25) is 5.91 Å². The minimum atomic E-state index is -0.0436. The van der Waals surface area contributed by atoms with Gasteiger partial charge in [-0.2, -0.15) is 11.8 Å². The lowest BCUT2D eigenvalue weighted by Crippen LogP contribution is -2.35. The number of unbranched alkanes of at least 4 members (excludes halogenated alkanes) is 1. The molecular formula is C16H26N2OS2. The summed E-state index contributed by atoms with van der Waals surface area (Å²) in [6.07, 6.45) is 4.46. The molecule has 1 amide bonds. The summed E-state index contributed by atoms with van der Waals surface area (Å²) in [6, 6.07) is 4.25. The van der Waals surface area contributed by atoms with Crippen LogP contribution < -0.4 is 5.32 Å². The van der Waals surface area contributed by atoms with Crippen molar-refractivity contribution >= 4 is 29.0 Å². The Kier molecular flexibility index (Phi) is 6.14. The molecule has 21 heavy (non-hydrogen) atoms. The van der Waals surface area contributed by atoms with E-state index in [-0.39, 0.29) is 18.1 Å². The summed E-state index contributed by atoms with van der Waals surface area (Å²) in [5.41, 5.74) is 0. The summed E-state index contributed by atoms with van der Waals surface area (Å²) in [4.78, 5) is 17.3. The second kappa shape index (κ2) is 7.65. The minimum Gasteiger partial charge on any atom is -0.321 e. The third kappa shape index (κ3) is 4.02. The van der Waals surface area contributed by atoms with Gasteiger partial charge in [-0.1, -0.05) is 13.8 Å². The molecule has 0 bridgehead atoms. The van der Waals surface area contributed by atoms with Crippen molar-refractivity contribution in [1.82, 2.24) is 10.2 Å². The van der Waals surface area contributed by atoms with Crippen LogP contribution in [0.1, 0.15) is 42.6 Å². The number of carbonyl (C=O) groups excluding carboxylic acids is 1. The maximum atomic E-state index is 12.7. The van der Waals surface area contributed by atoms with E-state index < -0.39 is 0 Å². The number of thiophene rings is 1. The van der Waals surface area contributed by atoms with Crippen LogP contribution in [0, 0.1) is 12.8 Å². The molecule has 2 heterocycles. The highest BCUT2D eigenvalue weighted by Gasteiger charge is 2.41. The largest absolute Gasteiger partial charge is 0.321 e. The van der Waals surface area contributed by atoms with Crippen LogP contribution in [0.4, 0.5) is 0 Å². The first-order valence-corrected chi connectivity index (χ1v) is 9.87. The molecule has 1 aromatic rings. The van der Waals surface area contributed by atoms with E-state index in [0.717, 1.165) is 13.0 Å². The van der Waals surface area contributed by atoms with Gasteiger partial charge in [0, 0.05) is 16.3 Å². The molecule has 0 aromatic carbocycles. The highest BCUT2D eigenvalue weighted by Crippen LogP contribution is 2.32. The van der Waals surface area contributed by atoms with E-state index in [0.29, 0.717) is 5.92 Å². The first-order valence-electron chi connectivity index (χ1n) is 7.66. The number of rotatable bonds is 7. The minimum absolute atomic E-state index is 0.0436. The van der Waals surface area contributed by atoms with Crippen LogP contribution in [-0.2, 0) is 4.79 Å². The second-order valence-electron chi connectivity index (χ2n) is 5.97. The van der Waals surface area contributed by atoms with Crippen LogP contribution in [0.2, 0.25) is 0 Å². The van der Waals surface area contributed by atoms with Crippen molar-refractivity contribution < 1.29 is 4.79 Å². The standard InChI is InChI=1S/C16H26N2OS2/c1-11(2)14-16(19)18(9-5-6-10-20-4)15(17-14)13-8-7-12(3)21-13/h7-8,11,14-15,17H,5-6,9-10H2,1-4H3. The van der Waals surface area contributed by atoms with Gasteiger partial charge in [0.15, 0.2) is 0 Å². The SMILES string of the molecule is CSCCCCN1C(=O)C(C(C)C)NC1c1ccc(C)s1. The van der Waals surface area contributed by atoms with Crippen LogP contribution in [0.3, 0.4) is 0 Å². The van der Waals surface area contributed by atoms with Crippen molar-refractivity contribution in [3.8, 4) is 0 Å². The summed E-state index contributed by atoms with van der Waals surface area (Å²) in [5, 5.41) is 3.54. The number of hydrogen-bond donors (Lipinski definition) is 1. The van der Waals surface area contributed by atoms with Gasteiger partial charge in [-0.3, -0.25) is 10.1 Å². The number of carbonyl (C=O) groups is 1. The molecule has 0 spiro atoms. The van der Waals surface area contributed by atoms with E-state index in [1.54, 1.807) is 11.3 Å². The fourth-order valence-electron chi connectivity index (χ4n) is 2.72. The highest BCUT2D eigenvalue weighted by molar-refractivity contribution is 7.98. The Balaban J connectivity index is 2.09. The van der Waals surface area contributed by atoms with Gasteiger partial charge < -0.3 is 4.90 Å². The van der Waals surface area contributed by atoms with Gasteiger partial charge >= 0.3 is 0 Å². The van der Waals surface area contributed by atoms with Crippen LogP contribution in [0.5, 0.6) is 0 Å². The molecule has 118 valence electrons. The van der Waals surface area contributed by atoms with Crippen LogP contribution in [-0.4, -0.2) is 35.4 Å². The Hall–Kier alpha value is -0.520. The lowest BCUT2D eigenvalue weighted by molar-refractivity contribution is -0.130. The predicted octanol–water partition coefficient (Wildman–Crippen LogP) is 3.65. The lowest BCUT2D eigenvalue weighted by Gasteiger charge is -2.23. The van der Waals surface area contributed by atoms with Crippen LogP contribution in [0.15, 0.2) is 12.1 Å². The van der Waals surface area contributed by atoms with E-state index in [2.05, 4.69) is 49.4 Å². The molecule has 1 aliphatic heterocycles. The Morgan fingerprint density at radius 2 is 2.14 bits per heavy atom. The van der Waals surface area contributed by atoms with Crippen molar-refractivity contribution in [2.24, 2.45) is 5.92 Å². The molecule has 5 heteroatoms. The summed E-state index contributed by atoms with van der Waals surface area (Å²) in [7, 11) is 0.